The minimum absolute atomic E-state index is 0.00819. The molecule has 1 aliphatic rings. The average Bonchev–Trinajstić information content (AvgIpc) is 2.45. The molecule has 6 heteroatoms. The average molecular weight is 291 g/mol. The van der Waals surface area contributed by atoms with Crippen molar-refractivity contribution in [3.63, 3.8) is 0 Å². The molecule has 1 saturated heterocycles. The Labute approximate surface area is 124 Å². The number of aromatic nitrogens is 1. The fourth-order valence-corrected chi connectivity index (χ4v) is 2.40. The number of carboxylic acids is 1. The molecule has 2 heterocycles. The van der Waals surface area contributed by atoms with Crippen molar-refractivity contribution >= 4 is 12.0 Å². The molecule has 1 aromatic heterocycles. The number of aromatic carboxylic acids is 1. The topological polar surface area (TPSA) is 82.5 Å². The lowest BCUT2D eigenvalue weighted by molar-refractivity contribution is 0.0690. The van der Waals surface area contributed by atoms with Crippen molar-refractivity contribution in [3.05, 3.63) is 29.6 Å². The number of carboxylic acid groups (broad SMARTS) is 1. The zero-order valence-electron chi connectivity index (χ0n) is 12.0. The molecular weight excluding hydrogens is 270 g/mol. The van der Waals surface area contributed by atoms with Crippen LogP contribution in [-0.2, 0) is 6.54 Å². The Morgan fingerprint density at radius 2 is 1.81 bits per heavy atom. The van der Waals surface area contributed by atoms with Crippen LogP contribution in [0.15, 0.2) is 18.3 Å². The fraction of sp³-hybridized carbons (Fsp3) is 0.533. The van der Waals surface area contributed by atoms with Gasteiger partial charge in [-0.2, -0.15) is 0 Å². The number of carbonyl (C=O) groups excluding carboxylic acids is 1. The number of nitrogens with zero attached hydrogens (tertiary/aromatic N) is 2. The molecule has 21 heavy (non-hydrogen) atoms. The van der Waals surface area contributed by atoms with Crippen molar-refractivity contribution in [1.82, 2.24) is 15.2 Å². The molecule has 0 aromatic carbocycles. The number of likely N-dealkylation sites (tertiary alicyclic amines) is 1. The first-order valence-electron chi connectivity index (χ1n) is 7.38. The third-order valence-corrected chi connectivity index (χ3v) is 3.63. The first-order valence-corrected chi connectivity index (χ1v) is 7.38. The maximum Gasteiger partial charge on any atom is 0.354 e. The van der Waals surface area contributed by atoms with Crippen LogP contribution in [0.4, 0.5) is 4.79 Å². The molecule has 0 aliphatic carbocycles. The monoisotopic (exact) mass is 291 g/mol. The number of nitrogens with one attached hydrogen (secondary N) is 1. The van der Waals surface area contributed by atoms with E-state index >= 15 is 0 Å². The number of urea groups is 1. The van der Waals surface area contributed by atoms with E-state index in [1.165, 1.54) is 31.5 Å². The minimum atomic E-state index is -1.05. The van der Waals surface area contributed by atoms with Gasteiger partial charge >= 0.3 is 12.0 Å². The molecule has 0 radical (unpaired) electrons. The van der Waals surface area contributed by atoms with Gasteiger partial charge in [0.2, 0.25) is 0 Å². The zero-order chi connectivity index (χ0) is 15.1. The summed E-state index contributed by atoms with van der Waals surface area (Å²) in [6.07, 6.45) is 7.23. The smallest absolute Gasteiger partial charge is 0.354 e. The first kappa shape index (κ1) is 15.3. The van der Waals surface area contributed by atoms with Crippen molar-refractivity contribution in [2.75, 3.05) is 13.1 Å². The highest BCUT2D eigenvalue weighted by atomic mass is 16.4. The number of pyridine rings is 1. The van der Waals surface area contributed by atoms with Gasteiger partial charge in [0, 0.05) is 25.8 Å². The van der Waals surface area contributed by atoms with E-state index in [1.54, 1.807) is 6.07 Å². The molecule has 0 bridgehead atoms. The molecule has 114 valence electrons. The molecule has 1 fully saturated rings. The highest BCUT2D eigenvalue weighted by Crippen LogP contribution is 2.10. The quantitative estimate of drug-likeness (QED) is 0.895. The summed E-state index contributed by atoms with van der Waals surface area (Å²) in [6, 6.07) is 3.06. The lowest BCUT2D eigenvalue weighted by Crippen LogP contribution is -2.41. The van der Waals surface area contributed by atoms with Gasteiger partial charge in [0.15, 0.2) is 0 Å². The van der Waals surface area contributed by atoms with Gasteiger partial charge in [0.1, 0.15) is 5.69 Å². The van der Waals surface area contributed by atoms with E-state index in [9.17, 15) is 9.59 Å². The first-order chi connectivity index (χ1) is 10.2. The number of hydrogen-bond donors (Lipinski definition) is 2. The van der Waals surface area contributed by atoms with E-state index in [0.29, 0.717) is 6.54 Å². The molecule has 2 N–H and O–H groups in total. The van der Waals surface area contributed by atoms with Crippen molar-refractivity contribution in [2.45, 2.75) is 38.6 Å². The Hall–Kier alpha value is -2.11. The molecule has 0 saturated carbocycles. The Kier molecular flexibility index (Phi) is 5.54. The summed E-state index contributed by atoms with van der Waals surface area (Å²) in [6.45, 7) is 1.98. The van der Waals surface area contributed by atoms with Crippen molar-refractivity contribution in [2.24, 2.45) is 0 Å². The van der Waals surface area contributed by atoms with Crippen LogP contribution in [0.1, 0.15) is 48.2 Å². The second-order valence-electron chi connectivity index (χ2n) is 5.27. The Bertz CT molecular complexity index is 479. The summed E-state index contributed by atoms with van der Waals surface area (Å²) in [4.78, 5) is 28.5. The SMILES string of the molecule is O=C(O)c1ccc(CNC(=O)N2CCCCCCC2)cn1. The third-order valence-electron chi connectivity index (χ3n) is 3.63. The predicted molar refractivity (Wildman–Crippen MR) is 78.1 cm³/mol. The van der Waals surface area contributed by atoms with Crippen molar-refractivity contribution in [3.8, 4) is 0 Å². The second kappa shape index (κ2) is 7.61. The van der Waals surface area contributed by atoms with Crippen LogP contribution in [0.3, 0.4) is 0 Å². The van der Waals surface area contributed by atoms with Gasteiger partial charge < -0.3 is 15.3 Å². The number of rotatable bonds is 3. The summed E-state index contributed by atoms with van der Waals surface area (Å²) in [5.41, 5.74) is 0.800. The van der Waals surface area contributed by atoms with Crippen LogP contribution < -0.4 is 5.32 Å². The molecule has 2 rings (SSSR count). The van der Waals surface area contributed by atoms with Crippen LogP contribution in [-0.4, -0.2) is 40.1 Å². The Morgan fingerprint density at radius 3 is 2.38 bits per heavy atom. The van der Waals surface area contributed by atoms with E-state index in [4.69, 9.17) is 5.11 Å². The van der Waals surface area contributed by atoms with E-state index in [-0.39, 0.29) is 11.7 Å². The maximum absolute atomic E-state index is 12.1. The summed E-state index contributed by atoms with van der Waals surface area (Å²) in [5, 5.41) is 11.6. The standard InChI is InChI=1S/C15H21N3O3/c19-14(20)13-7-6-12(10-16-13)11-17-15(21)18-8-4-2-1-3-5-9-18/h6-7,10H,1-5,8-9,11H2,(H,17,21)(H,19,20). The van der Waals surface area contributed by atoms with Gasteiger partial charge in [-0.3, -0.25) is 0 Å². The van der Waals surface area contributed by atoms with Gasteiger partial charge in [0.25, 0.3) is 0 Å². The Morgan fingerprint density at radius 1 is 1.14 bits per heavy atom. The van der Waals surface area contributed by atoms with Gasteiger partial charge in [0.05, 0.1) is 0 Å². The van der Waals surface area contributed by atoms with E-state index in [2.05, 4.69) is 10.3 Å². The van der Waals surface area contributed by atoms with Crippen LogP contribution in [0.25, 0.3) is 0 Å². The molecule has 0 atom stereocenters. The fourth-order valence-electron chi connectivity index (χ4n) is 2.40. The summed E-state index contributed by atoms with van der Waals surface area (Å²) < 4.78 is 0. The maximum atomic E-state index is 12.1. The third kappa shape index (κ3) is 4.73. The molecule has 6 nitrogen and oxygen atoms in total. The molecule has 1 aromatic rings. The highest BCUT2D eigenvalue weighted by Gasteiger charge is 2.14. The van der Waals surface area contributed by atoms with E-state index in [1.807, 2.05) is 4.90 Å². The van der Waals surface area contributed by atoms with E-state index in [0.717, 1.165) is 31.5 Å². The van der Waals surface area contributed by atoms with E-state index < -0.39 is 5.97 Å². The van der Waals surface area contributed by atoms with Gasteiger partial charge in [-0.25, -0.2) is 14.6 Å². The van der Waals surface area contributed by atoms with Crippen molar-refractivity contribution < 1.29 is 14.7 Å². The van der Waals surface area contributed by atoms with Crippen LogP contribution in [0.5, 0.6) is 0 Å². The second-order valence-corrected chi connectivity index (χ2v) is 5.27. The van der Waals surface area contributed by atoms with Gasteiger partial charge in [-0.05, 0) is 24.5 Å². The van der Waals surface area contributed by atoms with Crippen LogP contribution in [0, 0.1) is 0 Å². The largest absolute Gasteiger partial charge is 0.477 e. The summed E-state index contributed by atoms with van der Waals surface area (Å²) >= 11 is 0. The summed E-state index contributed by atoms with van der Waals surface area (Å²) in [7, 11) is 0. The molecular formula is C15H21N3O3. The molecule has 2 amide bonds. The lowest BCUT2D eigenvalue weighted by Gasteiger charge is -2.25. The molecule has 1 aliphatic heterocycles. The minimum Gasteiger partial charge on any atom is -0.477 e. The van der Waals surface area contributed by atoms with Crippen LogP contribution >= 0.6 is 0 Å². The van der Waals surface area contributed by atoms with Crippen LogP contribution in [0.2, 0.25) is 0 Å². The Balaban J connectivity index is 1.83. The van der Waals surface area contributed by atoms with Gasteiger partial charge in [-0.15, -0.1) is 0 Å². The van der Waals surface area contributed by atoms with Crippen molar-refractivity contribution in [1.29, 1.82) is 0 Å². The normalized spacial score (nSPS) is 15.9. The predicted octanol–water partition coefficient (Wildman–Crippen LogP) is 2.26. The summed E-state index contributed by atoms with van der Waals surface area (Å²) in [5.74, 6) is -1.05. The molecule has 0 spiro atoms. The van der Waals surface area contributed by atoms with Gasteiger partial charge in [-0.1, -0.05) is 25.3 Å². The number of hydrogen-bond acceptors (Lipinski definition) is 3. The number of carbonyl (C=O) groups is 2. The highest BCUT2D eigenvalue weighted by molar-refractivity contribution is 5.85. The number of amides is 2. The zero-order valence-corrected chi connectivity index (χ0v) is 12.0. The lowest BCUT2D eigenvalue weighted by atomic mass is 10.1. The molecule has 0 unspecified atom stereocenters.